The zero-order valence-electron chi connectivity index (χ0n) is 19.1. The molecule has 5 nitrogen and oxygen atoms in total. The molecule has 3 unspecified atom stereocenters. The Balaban J connectivity index is 1.92. The van der Waals surface area contributed by atoms with Gasteiger partial charge < -0.3 is 19.9 Å². The molecule has 4 rings (SSSR count). The lowest BCUT2D eigenvalue weighted by atomic mass is 9.74. The molecule has 0 spiro atoms. The smallest absolute Gasteiger partial charge is 0.339 e. The highest BCUT2D eigenvalue weighted by atomic mass is 16.6. The van der Waals surface area contributed by atoms with Crippen LogP contribution in [0.2, 0.25) is 0 Å². The summed E-state index contributed by atoms with van der Waals surface area (Å²) in [7, 11) is 10.0. The molecule has 0 aromatic heterocycles. The molecule has 2 aromatic carbocycles. The molecular weight excluding hydrogens is 386 g/mol. The summed E-state index contributed by atoms with van der Waals surface area (Å²) in [5.41, 5.74) is 4.68. The van der Waals surface area contributed by atoms with E-state index in [1.54, 1.807) is 0 Å². The van der Waals surface area contributed by atoms with E-state index in [1.807, 2.05) is 59.5 Å². The third kappa shape index (κ3) is 3.43. The number of rotatable bonds is 5. The summed E-state index contributed by atoms with van der Waals surface area (Å²) in [6.07, 6.45) is 4.29. The Hall–Kier alpha value is -3.05. The lowest BCUT2D eigenvalue weighted by Crippen LogP contribution is -2.36. The number of carbonyl (C=O) groups is 1. The second-order valence-corrected chi connectivity index (χ2v) is 8.81. The van der Waals surface area contributed by atoms with E-state index in [1.165, 1.54) is 0 Å². The van der Waals surface area contributed by atoms with E-state index in [0.29, 0.717) is 5.57 Å². The lowest BCUT2D eigenvalue weighted by molar-refractivity contribution is -0.143. The molecular formula is C26H31N3O2. The van der Waals surface area contributed by atoms with Gasteiger partial charge in [0.2, 0.25) is 0 Å². The Morgan fingerprint density at radius 3 is 2.00 bits per heavy atom. The highest BCUT2D eigenvalue weighted by molar-refractivity contribution is 5.99. The Labute approximate surface area is 185 Å². The molecule has 1 fully saturated rings. The monoisotopic (exact) mass is 417 g/mol. The maximum Gasteiger partial charge on any atom is 0.339 e. The number of hydrogen-bond donors (Lipinski definition) is 1. The van der Waals surface area contributed by atoms with Crippen molar-refractivity contribution in [3.8, 4) is 0 Å². The van der Waals surface area contributed by atoms with Gasteiger partial charge in [-0.25, -0.2) is 4.79 Å². The Morgan fingerprint density at radius 2 is 1.48 bits per heavy atom. The van der Waals surface area contributed by atoms with Gasteiger partial charge in [-0.15, -0.1) is 0 Å². The number of nitrogens with zero attached hydrogens (tertiary/aromatic N) is 2. The zero-order chi connectivity index (χ0) is 22.3. The molecule has 0 amide bonds. The minimum atomic E-state index is -0.953. The van der Waals surface area contributed by atoms with Crippen LogP contribution in [0.4, 0.5) is 11.4 Å². The molecule has 162 valence electrons. The molecule has 0 saturated carbocycles. The largest absolute Gasteiger partial charge is 0.441 e. The van der Waals surface area contributed by atoms with Crippen molar-refractivity contribution in [2.75, 3.05) is 45.5 Å². The van der Waals surface area contributed by atoms with Crippen LogP contribution in [0.1, 0.15) is 18.1 Å². The first-order valence-electron chi connectivity index (χ1n) is 10.7. The fourth-order valence-electron chi connectivity index (χ4n) is 4.68. The molecule has 3 atom stereocenters. The molecule has 0 radical (unpaired) electrons. The van der Waals surface area contributed by atoms with Crippen molar-refractivity contribution in [2.45, 2.75) is 18.6 Å². The second kappa shape index (κ2) is 7.89. The van der Waals surface area contributed by atoms with Crippen LogP contribution < -0.4 is 10.2 Å². The van der Waals surface area contributed by atoms with E-state index >= 15 is 0 Å². The number of cyclic esters (lactones) is 1. The van der Waals surface area contributed by atoms with Crippen molar-refractivity contribution in [2.24, 2.45) is 5.92 Å². The van der Waals surface area contributed by atoms with Gasteiger partial charge in [0.05, 0.1) is 5.57 Å². The molecule has 1 heterocycles. The van der Waals surface area contributed by atoms with Crippen molar-refractivity contribution >= 4 is 17.3 Å². The van der Waals surface area contributed by atoms with E-state index in [2.05, 4.69) is 58.5 Å². The molecule has 1 aliphatic heterocycles. The Kier molecular flexibility index (Phi) is 5.40. The molecule has 0 bridgehead atoms. The predicted octanol–water partition coefficient (Wildman–Crippen LogP) is 4.03. The second-order valence-electron chi connectivity index (χ2n) is 8.81. The molecule has 2 aliphatic rings. The van der Waals surface area contributed by atoms with Crippen molar-refractivity contribution in [3.63, 3.8) is 0 Å². The first kappa shape index (κ1) is 21.2. The topological polar surface area (TPSA) is 44.8 Å². The predicted molar refractivity (Wildman–Crippen MR) is 126 cm³/mol. The van der Waals surface area contributed by atoms with Gasteiger partial charge in [0.1, 0.15) is 0 Å². The maximum absolute atomic E-state index is 13.2. The van der Waals surface area contributed by atoms with Gasteiger partial charge in [-0.1, -0.05) is 43.3 Å². The van der Waals surface area contributed by atoms with E-state index in [-0.39, 0.29) is 17.9 Å². The number of fused-ring (bicyclic) bond motifs is 1. The molecule has 1 saturated heterocycles. The first-order chi connectivity index (χ1) is 14.8. The average Bonchev–Trinajstić information content (AvgIpc) is 3.05. The summed E-state index contributed by atoms with van der Waals surface area (Å²) in [6, 6.07) is 16.6. The van der Waals surface area contributed by atoms with Crippen LogP contribution >= 0.6 is 0 Å². The van der Waals surface area contributed by atoms with Gasteiger partial charge in [-0.05, 0) is 44.3 Å². The summed E-state index contributed by atoms with van der Waals surface area (Å²) in [4.78, 5) is 17.4. The molecule has 1 N–H and O–H groups in total. The van der Waals surface area contributed by atoms with Crippen LogP contribution in [0, 0.1) is 5.92 Å². The highest BCUT2D eigenvalue weighted by Crippen LogP contribution is 2.51. The van der Waals surface area contributed by atoms with E-state index in [9.17, 15) is 4.79 Å². The third-order valence-electron chi connectivity index (χ3n) is 6.41. The number of hydrogen-bond acceptors (Lipinski definition) is 5. The Bertz CT molecular complexity index is 1040. The molecule has 2 aromatic rings. The van der Waals surface area contributed by atoms with Crippen molar-refractivity contribution in [3.05, 3.63) is 83.0 Å². The summed E-state index contributed by atoms with van der Waals surface area (Å²) >= 11 is 0. The number of likely N-dealkylation sites (N-methyl/N-ethyl adjacent to an activating group) is 1. The number of carbonyl (C=O) groups excluding carboxylic acids is 1. The fourth-order valence-corrected chi connectivity index (χ4v) is 4.68. The van der Waals surface area contributed by atoms with E-state index in [0.717, 1.165) is 28.1 Å². The number of benzene rings is 2. The average molecular weight is 418 g/mol. The summed E-state index contributed by atoms with van der Waals surface area (Å²) < 4.78 is 6.29. The number of ether oxygens (including phenoxy) is 1. The van der Waals surface area contributed by atoms with E-state index in [4.69, 9.17) is 4.74 Å². The number of esters is 1. The summed E-state index contributed by atoms with van der Waals surface area (Å²) in [5, 5.41) is 3.16. The summed E-state index contributed by atoms with van der Waals surface area (Å²) in [5.74, 6) is -0.0142. The standard InChI is InChI=1S/C26H31N3O2/c1-17-15-23-22(16-24(17)29(5)6)25(30)31-26(23,18-7-11-20(27-2)12-8-18)19-9-13-21(14-10-19)28(3)4/h7-17,24,27H,1-6H3. The minimum Gasteiger partial charge on any atom is -0.441 e. The van der Waals surface area contributed by atoms with Gasteiger partial charge in [0.15, 0.2) is 5.60 Å². The van der Waals surface area contributed by atoms with Crippen molar-refractivity contribution in [1.29, 1.82) is 0 Å². The van der Waals surface area contributed by atoms with Crippen LogP contribution in [0.3, 0.4) is 0 Å². The van der Waals surface area contributed by atoms with Gasteiger partial charge in [-0.3, -0.25) is 0 Å². The molecule has 1 aliphatic carbocycles. The number of nitrogens with one attached hydrogen (secondary N) is 1. The van der Waals surface area contributed by atoms with Gasteiger partial charge in [0.25, 0.3) is 0 Å². The molecule has 5 heteroatoms. The van der Waals surface area contributed by atoms with Crippen LogP contribution in [0.15, 0.2) is 71.8 Å². The maximum atomic E-state index is 13.2. The zero-order valence-corrected chi connectivity index (χ0v) is 19.1. The quantitative estimate of drug-likeness (QED) is 0.745. The van der Waals surface area contributed by atoms with Gasteiger partial charge in [-0.2, -0.15) is 0 Å². The fraction of sp³-hybridized carbons (Fsp3) is 0.346. The van der Waals surface area contributed by atoms with Crippen molar-refractivity contribution in [1.82, 2.24) is 4.90 Å². The Morgan fingerprint density at radius 1 is 0.903 bits per heavy atom. The lowest BCUT2D eigenvalue weighted by Gasteiger charge is -2.34. The van der Waals surface area contributed by atoms with Crippen LogP contribution in [0.25, 0.3) is 0 Å². The third-order valence-corrected chi connectivity index (χ3v) is 6.41. The van der Waals surface area contributed by atoms with Crippen LogP contribution in [0.5, 0.6) is 0 Å². The summed E-state index contributed by atoms with van der Waals surface area (Å²) in [6.45, 7) is 2.19. The highest BCUT2D eigenvalue weighted by Gasteiger charge is 2.52. The van der Waals surface area contributed by atoms with Crippen LogP contribution in [-0.4, -0.2) is 52.1 Å². The SMILES string of the molecule is CNc1ccc(C2(c3ccc(N(C)C)cc3)OC(=O)C3=CC(N(C)C)C(C)C=C32)cc1. The van der Waals surface area contributed by atoms with Gasteiger partial charge in [0, 0.05) is 55.3 Å². The van der Waals surface area contributed by atoms with Gasteiger partial charge >= 0.3 is 5.97 Å². The first-order valence-corrected chi connectivity index (χ1v) is 10.7. The minimum absolute atomic E-state index is 0.157. The van der Waals surface area contributed by atoms with Crippen LogP contribution in [-0.2, 0) is 15.1 Å². The molecule has 31 heavy (non-hydrogen) atoms. The normalized spacial score (nSPS) is 24.9. The number of anilines is 2. The van der Waals surface area contributed by atoms with Crippen molar-refractivity contribution < 1.29 is 9.53 Å². The van der Waals surface area contributed by atoms with E-state index < -0.39 is 5.60 Å².